The minimum absolute atomic E-state index is 0.0942. The van der Waals surface area contributed by atoms with Crippen LogP contribution in [0.4, 0.5) is 8.78 Å². The molecule has 0 saturated carbocycles. The zero-order valence-corrected chi connectivity index (χ0v) is 13.5. The summed E-state index contributed by atoms with van der Waals surface area (Å²) in [7, 11) is 1.56. The van der Waals surface area contributed by atoms with E-state index in [0.29, 0.717) is 19.7 Å². The Kier molecular flexibility index (Phi) is 6.81. The van der Waals surface area contributed by atoms with Crippen molar-refractivity contribution >= 4 is 5.91 Å². The quantitative estimate of drug-likeness (QED) is 0.745. The summed E-state index contributed by atoms with van der Waals surface area (Å²) in [5.41, 5.74) is 0.965. The molecule has 1 amide bonds. The van der Waals surface area contributed by atoms with Crippen molar-refractivity contribution in [3.8, 4) is 0 Å². The van der Waals surface area contributed by atoms with Gasteiger partial charge in [0.05, 0.1) is 18.8 Å². The van der Waals surface area contributed by atoms with Gasteiger partial charge in [-0.25, -0.2) is 8.78 Å². The van der Waals surface area contributed by atoms with Crippen LogP contribution in [-0.4, -0.2) is 36.1 Å². The molecule has 6 heteroatoms. The zero-order chi connectivity index (χ0) is 17.4. The fourth-order valence-electron chi connectivity index (χ4n) is 2.32. The van der Waals surface area contributed by atoms with Crippen LogP contribution in [0.25, 0.3) is 0 Å². The number of halogens is 2. The van der Waals surface area contributed by atoms with Crippen molar-refractivity contribution in [2.45, 2.75) is 19.4 Å². The smallest absolute Gasteiger partial charge is 0.223 e. The van der Waals surface area contributed by atoms with Crippen LogP contribution < -0.4 is 0 Å². The monoisotopic (exact) mass is 334 g/mol. The van der Waals surface area contributed by atoms with Crippen molar-refractivity contribution in [3.63, 3.8) is 0 Å². The van der Waals surface area contributed by atoms with E-state index in [4.69, 9.17) is 4.74 Å². The second-order valence-electron chi connectivity index (χ2n) is 5.34. The highest BCUT2D eigenvalue weighted by molar-refractivity contribution is 5.76. The number of methoxy groups -OCH3 is 1. The van der Waals surface area contributed by atoms with E-state index in [-0.39, 0.29) is 24.3 Å². The molecule has 0 radical (unpaired) electrons. The molecule has 128 valence electrons. The first-order chi connectivity index (χ1) is 11.6. The standard InChI is InChI=1S/C18H20F2N2O2/c1-24-12-11-22(13-15-6-2-3-10-21-15)17(23)9-8-14-5-4-7-16(19)18(14)20/h2-7,10H,8-9,11-13H2,1H3. The molecule has 0 saturated heterocycles. The number of amides is 1. The van der Waals surface area contributed by atoms with Crippen molar-refractivity contribution in [2.75, 3.05) is 20.3 Å². The predicted octanol–water partition coefficient (Wildman–Crippen LogP) is 2.97. The van der Waals surface area contributed by atoms with Gasteiger partial charge in [0.25, 0.3) is 0 Å². The fourth-order valence-corrected chi connectivity index (χ4v) is 2.32. The number of carbonyl (C=O) groups excluding carboxylic acids is 1. The topological polar surface area (TPSA) is 42.4 Å². The Morgan fingerprint density at radius 1 is 1.21 bits per heavy atom. The lowest BCUT2D eigenvalue weighted by Crippen LogP contribution is -2.34. The summed E-state index contributed by atoms with van der Waals surface area (Å²) in [5, 5.41) is 0. The van der Waals surface area contributed by atoms with Gasteiger partial charge in [0.1, 0.15) is 0 Å². The van der Waals surface area contributed by atoms with Crippen LogP contribution in [0.5, 0.6) is 0 Å². The molecule has 0 unspecified atom stereocenters. The van der Waals surface area contributed by atoms with Crippen LogP contribution in [-0.2, 0) is 22.5 Å². The third-order valence-corrected chi connectivity index (χ3v) is 3.64. The number of aromatic nitrogens is 1. The summed E-state index contributed by atoms with van der Waals surface area (Å²) in [6.07, 6.45) is 1.90. The first kappa shape index (κ1) is 18.0. The average molecular weight is 334 g/mol. The molecule has 0 N–H and O–H groups in total. The fraction of sp³-hybridized carbons (Fsp3) is 0.333. The molecule has 0 aliphatic heterocycles. The molecule has 0 bridgehead atoms. The first-order valence-corrected chi connectivity index (χ1v) is 7.71. The molecule has 0 aliphatic rings. The number of hydrogen-bond donors (Lipinski definition) is 0. The molecule has 24 heavy (non-hydrogen) atoms. The molecule has 2 rings (SSSR count). The minimum Gasteiger partial charge on any atom is -0.383 e. The normalized spacial score (nSPS) is 10.6. The number of aryl methyl sites for hydroxylation is 1. The largest absolute Gasteiger partial charge is 0.383 e. The van der Waals surface area contributed by atoms with Crippen molar-refractivity contribution in [3.05, 3.63) is 65.5 Å². The van der Waals surface area contributed by atoms with Crippen LogP contribution in [0, 0.1) is 11.6 Å². The van der Waals surface area contributed by atoms with Crippen LogP contribution in [0.2, 0.25) is 0 Å². The van der Waals surface area contributed by atoms with Gasteiger partial charge in [-0.05, 0) is 30.2 Å². The Bertz CT molecular complexity index is 665. The second kappa shape index (κ2) is 9.08. The van der Waals surface area contributed by atoms with Crippen LogP contribution in [0.1, 0.15) is 17.7 Å². The number of pyridine rings is 1. The lowest BCUT2D eigenvalue weighted by atomic mass is 10.1. The summed E-state index contributed by atoms with van der Waals surface area (Å²) in [6, 6.07) is 9.48. The van der Waals surface area contributed by atoms with Crippen molar-refractivity contribution in [2.24, 2.45) is 0 Å². The van der Waals surface area contributed by atoms with Crippen molar-refractivity contribution in [1.29, 1.82) is 0 Å². The summed E-state index contributed by atoms with van der Waals surface area (Å²) in [5.74, 6) is -1.94. The predicted molar refractivity (Wildman–Crippen MR) is 86.2 cm³/mol. The number of benzene rings is 1. The Morgan fingerprint density at radius 3 is 2.75 bits per heavy atom. The summed E-state index contributed by atoms with van der Waals surface area (Å²) in [4.78, 5) is 18.3. The van der Waals surface area contributed by atoms with Gasteiger partial charge in [-0.2, -0.15) is 0 Å². The van der Waals surface area contributed by atoms with E-state index in [0.717, 1.165) is 11.8 Å². The Morgan fingerprint density at radius 2 is 2.04 bits per heavy atom. The molecule has 1 aromatic heterocycles. The van der Waals surface area contributed by atoms with E-state index in [1.54, 1.807) is 24.3 Å². The number of nitrogens with zero attached hydrogens (tertiary/aromatic N) is 2. The third kappa shape index (κ3) is 5.09. The van der Waals surface area contributed by atoms with E-state index < -0.39 is 11.6 Å². The second-order valence-corrected chi connectivity index (χ2v) is 5.34. The summed E-state index contributed by atoms with van der Waals surface area (Å²) in [6.45, 7) is 1.17. The molecule has 0 fully saturated rings. The van der Waals surface area contributed by atoms with Gasteiger partial charge in [0.2, 0.25) is 5.91 Å². The maximum atomic E-state index is 13.7. The Balaban J connectivity index is 2.00. The van der Waals surface area contributed by atoms with Crippen LogP contribution in [0.3, 0.4) is 0 Å². The van der Waals surface area contributed by atoms with Gasteiger partial charge in [0.15, 0.2) is 11.6 Å². The lowest BCUT2D eigenvalue weighted by molar-refractivity contribution is -0.132. The number of carbonyl (C=O) groups is 1. The molecule has 4 nitrogen and oxygen atoms in total. The summed E-state index contributed by atoms with van der Waals surface area (Å²) < 4.78 is 31.9. The Hall–Kier alpha value is -2.34. The highest BCUT2D eigenvalue weighted by atomic mass is 19.2. The van der Waals surface area contributed by atoms with Crippen LogP contribution >= 0.6 is 0 Å². The van der Waals surface area contributed by atoms with Gasteiger partial charge < -0.3 is 9.64 Å². The van der Waals surface area contributed by atoms with Gasteiger partial charge >= 0.3 is 0 Å². The molecule has 0 atom stereocenters. The number of rotatable bonds is 8. The average Bonchev–Trinajstić information content (AvgIpc) is 2.60. The number of ether oxygens (including phenoxy) is 1. The zero-order valence-electron chi connectivity index (χ0n) is 13.5. The maximum absolute atomic E-state index is 13.7. The highest BCUT2D eigenvalue weighted by Gasteiger charge is 2.16. The molecule has 0 aliphatic carbocycles. The minimum atomic E-state index is -0.898. The van der Waals surface area contributed by atoms with E-state index >= 15 is 0 Å². The van der Waals surface area contributed by atoms with Gasteiger partial charge in [-0.15, -0.1) is 0 Å². The van der Waals surface area contributed by atoms with Crippen molar-refractivity contribution < 1.29 is 18.3 Å². The first-order valence-electron chi connectivity index (χ1n) is 7.71. The lowest BCUT2D eigenvalue weighted by Gasteiger charge is -2.22. The third-order valence-electron chi connectivity index (χ3n) is 3.64. The van der Waals surface area contributed by atoms with E-state index in [2.05, 4.69) is 4.98 Å². The molecular weight excluding hydrogens is 314 g/mol. The Labute approximate surface area is 140 Å². The molecule has 0 spiro atoms. The van der Waals surface area contributed by atoms with E-state index in [1.807, 2.05) is 12.1 Å². The molecular formula is C18H20F2N2O2. The molecule has 2 aromatic rings. The van der Waals surface area contributed by atoms with Gasteiger partial charge in [0, 0.05) is 26.3 Å². The van der Waals surface area contributed by atoms with E-state index in [1.165, 1.54) is 12.1 Å². The number of hydrogen-bond acceptors (Lipinski definition) is 3. The van der Waals surface area contributed by atoms with Gasteiger partial charge in [-0.3, -0.25) is 9.78 Å². The van der Waals surface area contributed by atoms with Crippen molar-refractivity contribution in [1.82, 2.24) is 9.88 Å². The summed E-state index contributed by atoms with van der Waals surface area (Å²) >= 11 is 0. The molecule has 1 aromatic carbocycles. The highest BCUT2D eigenvalue weighted by Crippen LogP contribution is 2.14. The molecule has 1 heterocycles. The SMILES string of the molecule is COCCN(Cc1ccccn1)C(=O)CCc1cccc(F)c1F. The van der Waals surface area contributed by atoms with Gasteiger partial charge in [-0.1, -0.05) is 18.2 Å². The van der Waals surface area contributed by atoms with E-state index in [9.17, 15) is 13.6 Å². The van der Waals surface area contributed by atoms with Crippen LogP contribution in [0.15, 0.2) is 42.6 Å². The maximum Gasteiger partial charge on any atom is 0.223 e.